The number of likely N-dealkylation sites (N-methyl/N-ethyl adjacent to an activating group) is 1. The highest BCUT2D eigenvalue weighted by Crippen LogP contribution is 2.20. The Labute approximate surface area is 117 Å². The van der Waals surface area contributed by atoms with E-state index in [0.717, 1.165) is 4.47 Å². The fourth-order valence-corrected chi connectivity index (χ4v) is 3.67. The summed E-state index contributed by atoms with van der Waals surface area (Å²) in [5.41, 5.74) is 0. The smallest absolute Gasteiger partial charge is 0.243 e. The number of nitrogens with zero attached hydrogens (tertiary/aromatic N) is 1. The fourth-order valence-electron chi connectivity index (χ4n) is 1.78. The third kappa shape index (κ3) is 3.54. The van der Waals surface area contributed by atoms with Crippen LogP contribution in [-0.2, 0) is 14.8 Å². The van der Waals surface area contributed by atoms with E-state index < -0.39 is 10.0 Å². The van der Waals surface area contributed by atoms with Crippen LogP contribution in [0.4, 0.5) is 0 Å². The molecule has 0 aliphatic carbocycles. The van der Waals surface area contributed by atoms with Crippen LogP contribution in [0.1, 0.15) is 13.8 Å². The minimum absolute atomic E-state index is 0.186. The zero-order valence-corrected chi connectivity index (χ0v) is 13.2. The normalized spacial score (nSPS) is 13.8. The number of hydrogen-bond acceptors (Lipinski definition) is 3. The molecule has 0 bridgehead atoms. The maximum atomic E-state index is 12.4. The predicted molar refractivity (Wildman–Crippen MR) is 75.0 cm³/mol. The number of hydrogen-bond donors (Lipinski definition) is 0. The van der Waals surface area contributed by atoms with Crippen LogP contribution in [0, 0.1) is 0 Å². The van der Waals surface area contributed by atoms with Crippen LogP contribution in [0.2, 0.25) is 0 Å². The Morgan fingerprint density at radius 1 is 1.33 bits per heavy atom. The van der Waals surface area contributed by atoms with E-state index in [1.807, 2.05) is 13.8 Å². The molecule has 0 radical (unpaired) electrons. The highest BCUT2D eigenvalue weighted by atomic mass is 79.9. The van der Waals surface area contributed by atoms with Gasteiger partial charge < -0.3 is 4.74 Å². The second kappa shape index (κ2) is 6.65. The maximum absolute atomic E-state index is 12.4. The number of rotatable bonds is 6. The fraction of sp³-hybridized carbons (Fsp3) is 0.500. The Bertz CT molecular complexity index is 473. The van der Waals surface area contributed by atoms with Crippen LogP contribution in [0.15, 0.2) is 33.6 Å². The molecular weight excluding hydrogens is 318 g/mol. The summed E-state index contributed by atoms with van der Waals surface area (Å²) in [5, 5.41) is 0. The first-order valence-electron chi connectivity index (χ1n) is 5.69. The molecule has 0 aliphatic heterocycles. The van der Waals surface area contributed by atoms with E-state index in [4.69, 9.17) is 4.74 Å². The average molecular weight is 336 g/mol. The van der Waals surface area contributed by atoms with Crippen molar-refractivity contribution in [3.63, 3.8) is 0 Å². The first-order chi connectivity index (χ1) is 8.43. The van der Waals surface area contributed by atoms with Crippen molar-refractivity contribution in [2.24, 2.45) is 0 Å². The number of ether oxygens (including phenoxy) is 1. The lowest BCUT2D eigenvalue weighted by Gasteiger charge is -2.26. The van der Waals surface area contributed by atoms with Gasteiger partial charge in [0.15, 0.2) is 0 Å². The van der Waals surface area contributed by atoms with Crippen LogP contribution in [0.25, 0.3) is 0 Å². The molecule has 1 aromatic carbocycles. The van der Waals surface area contributed by atoms with Crippen LogP contribution >= 0.6 is 15.9 Å². The summed E-state index contributed by atoms with van der Waals surface area (Å²) in [6.45, 7) is 4.46. The SMILES string of the molecule is CCN([C@H](C)COC)S(=O)(=O)c1ccc(Br)cc1. The highest BCUT2D eigenvalue weighted by molar-refractivity contribution is 9.10. The second-order valence-corrected chi connectivity index (χ2v) is 6.77. The number of benzene rings is 1. The molecule has 4 nitrogen and oxygen atoms in total. The molecule has 0 aliphatic rings. The second-order valence-electron chi connectivity index (χ2n) is 3.97. The standard InChI is InChI=1S/C12H18BrNO3S/c1-4-14(10(2)9-17-3)18(15,16)12-7-5-11(13)6-8-12/h5-8,10H,4,9H2,1-3H3/t10-/m1/s1. The molecule has 0 saturated heterocycles. The molecule has 18 heavy (non-hydrogen) atoms. The molecule has 1 atom stereocenters. The number of methoxy groups -OCH3 is 1. The molecule has 0 heterocycles. The van der Waals surface area contributed by atoms with Gasteiger partial charge in [-0.3, -0.25) is 0 Å². The van der Waals surface area contributed by atoms with E-state index in [2.05, 4.69) is 15.9 Å². The van der Waals surface area contributed by atoms with Crippen LogP contribution in [0.3, 0.4) is 0 Å². The van der Waals surface area contributed by atoms with Gasteiger partial charge in [-0.05, 0) is 31.2 Å². The van der Waals surface area contributed by atoms with Crippen molar-refractivity contribution >= 4 is 26.0 Å². The van der Waals surface area contributed by atoms with Gasteiger partial charge in [-0.2, -0.15) is 4.31 Å². The van der Waals surface area contributed by atoms with Gasteiger partial charge in [-0.1, -0.05) is 22.9 Å². The molecule has 0 aromatic heterocycles. The van der Waals surface area contributed by atoms with Gasteiger partial charge in [0.25, 0.3) is 0 Å². The maximum Gasteiger partial charge on any atom is 0.243 e. The quantitative estimate of drug-likeness (QED) is 0.802. The van der Waals surface area contributed by atoms with Crippen molar-refractivity contribution in [2.45, 2.75) is 24.8 Å². The molecule has 1 aromatic rings. The van der Waals surface area contributed by atoms with Crippen LogP contribution in [0.5, 0.6) is 0 Å². The predicted octanol–water partition coefficient (Wildman–Crippen LogP) is 2.49. The van der Waals surface area contributed by atoms with Crippen molar-refractivity contribution in [1.29, 1.82) is 0 Å². The lowest BCUT2D eigenvalue weighted by Crippen LogP contribution is -2.40. The lowest BCUT2D eigenvalue weighted by atomic mass is 10.3. The Balaban J connectivity index is 3.06. The van der Waals surface area contributed by atoms with Crippen molar-refractivity contribution in [3.8, 4) is 0 Å². The van der Waals surface area contributed by atoms with Crippen LogP contribution < -0.4 is 0 Å². The Hall–Kier alpha value is -0.430. The Morgan fingerprint density at radius 2 is 1.89 bits per heavy atom. The van der Waals surface area contributed by atoms with Gasteiger partial charge in [0.05, 0.1) is 11.5 Å². The summed E-state index contributed by atoms with van der Waals surface area (Å²) < 4.78 is 32.2. The van der Waals surface area contributed by atoms with E-state index >= 15 is 0 Å². The lowest BCUT2D eigenvalue weighted by molar-refractivity contribution is 0.142. The summed E-state index contributed by atoms with van der Waals surface area (Å²) in [7, 11) is -1.89. The van der Waals surface area contributed by atoms with Gasteiger partial charge >= 0.3 is 0 Å². The summed E-state index contributed by atoms with van der Waals surface area (Å²) >= 11 is 3.29. The Morgan fingerprint density at radius 3 is 2.33 bits per heavy atom. The van der Waals surface area contributed by atoms with Crippen molar-refractivity contribution in [2.75, 3.05) is 20.3 Å². The minimum atomic E-state index is -3.46. The van der Waals surface area contributed by atoms with E-state index in [1.165, 1.54) is 4.31 Å². The van der Waals surface area contributed by atoms with Gasteiger partial charge in [0, 0.05) is 24.2 Å². The van der Waals surface area contributed by atoms with E-state index in [9.17, 15) is 8.42 Å². The third-order valence-corrected chi connectivity index (χ3v) is 5.26. The van der Waals surface area contributed by atoms with Gasteiger partial charge in [0.2, 0.25) is 10.0 Å². The molecule has 0 fully saturated rings. The molecule has 0 spiro atoms. The van der Waals surface area contributed by atoms with Crippen molar-refractivity contribution in [3.05, 3.63) is 28.7 Å². The monoisotopic (exact) mass is 335 g/mol. The van der Waals surface area contributed by atoms with E-state index in [0.29, 0.717) is 18.0 Å². The van der Waals surface area contributed by atoms with Crippen LogP contribution in [-0.4, -0.2) is 39.0 Å². The summed E-state index contributed by atoms with van der Waals surface area (Å²) in [6.07, 6.45) is 0. The first kappa shape index (κ1) is 15.6. The zero-order chi connectivity index (χ0) is 13.8. The first-order valence-corrected chi connectivity index (χ1v) is 7.93. The largest absolute Gasteiger partial charge is 0.383 e. The molecular formula is C12H18BrNO3S. The molecule has 1 rings (SSSR count). The minimum Gasteiger partial charge on any atom is -0.383 e. The molecule has 0 amide bonds. The molecule has 0 unspecified atom stereocenters. The molecule has 0 N–H and O–H groups in total. The molecule has 6 heteroatoms. The molecule has 102 valence electrons. The third-order valence-electron chi connectivity index (χ3n) is 2.63. The molecule has 0 saturated carbocycles. The van der Waals surface area contributed by atoms with Gasteiger partial charge in [0.1, 0.15) is 0 Å². The average Bonchev–Trinajstić information content (AvgIpc) is 2.30. The topological polar surface area (TPSA) is 46.6 Å². The van der Waals surface area contributed by atoms with E-state index in [1.54, 1.807) is 31.4 Å². The Kier molecular flexibility index (Phi) is 5.78. The number of halogens is 1. The van der Waals surface area contributed by atoms with Gasteiger partial charge in [-0.15, -0.1) is 0 Å². The summed E-state index contributed by atoms with van der Waals surface area (Å²) in [5.74, 6) is 0. The van der Waals surface area contributed by atoms with Crippen molar-refractivity contribution in [1.82, 2.24) is 4.31 Å². The number of sulfonamides is 1. The highest BCUT2D eigenvalue weighted by Gasteiger charge is 2.27. The zero-order valence-electron chi connectivity index (χ0n) is 10.8. The van der Waals surface area contributed by atoms with E-state index in [-0.39, 0.29) is 6.04 Å². The van der Waals surface area contributed by atoms with Crippen molar-refractivity contribution < 1.29 is 13.2 Å². The van der Waals surface area contributed by atoms with Gasteiger partial charge in [-0.25, -0.2) is 8.42 Å². The summed E-state index contributed by atoms with van der Waals surface area (Å²) in [6, 6.07) is 6.46. The summed E-state index contributed by atoms with van der Waals surface area (Å²) in [4.78, 5) is 0.301.